The molecule has 0 spiro atoms. The molecule has 0 bridgehead atoms. The van der Waals surface area contributed by atoms with Gasteiger partial charge in [-0.05, 0) is 19.1 Å². The fraction of sp³-hybridized carbons (Fsp3) is 0.421. The van der Waals surface area contributed by atoms with E-state index in [1.807, 2.05) is 38.2 Å². The Balaban J connectivity index is 2.67. The van der Waals surface area contributed by atoms with Crippen molar-refractivity contribution in [2.24, 2.45) is 7.05 Å². The maximum atomic E-state index is 12.3. The summed E-state index contributed by atoms with van der Waals surface area (Å²) in [6.45, 7) is 7.18. The minimum absolute atomic E-state index is 0.00617. The predicted octanol–water partition coefficient (Wildman–Crippen LogP) is 2.87. The Morgan fingerprint density at radius 2 is 1.92 bits per heavy atom. The van der Waals surface area contributed by atoms with E-state index in [1.54, 1.807) is 11.6 Å². The lowest BCUT2D eigenvalue weighted by molar-refractivity contribution is 0.341. The van der Waals surface area contributed by atoms with E-state index < -0.39 is 8.80 Å². The molecule has 1 heterocycles. The van der Waals surface area contributed by atoms with Gasteiger partial charge < -0.3 is 14.2 Å². The maximum Gasteiger partial charge on any atom is 0.273 e. The van der Waals surface area contributed by atoms with E-state index >= 15 is 0 Å². The van der Waals surface area contributed by atoms with Crippen molar-refractivity contribution in [2.75, 3.05) is 25.6 Å². The van der Waals surface area contributed by atoms with Gasteiger partial charge in [0.05, 0.1) is 15.4 Å². The average Bonchev–Trinajstić information content (AvgIpc) is 2.56. The number of aromatic nitrogens is 1. The molecule has 1 aromatic heterocycles. The van der Waals surface area contributed by atoms with Crippen LogP contribution in [0.1, 0.15) is 13.8 Å². The second-order valence-electron chi connectivity index (χ2n) is 6.20. The van der Waals surface area contributed by atoms with Crippen LogP contribution in [0.25, 0.3) is 11.1 Å². The Labute approximate surface area is 146 Å². The highest BCUT2D eigenvalue weighted by Gasteiger charge is 2.14. The standard InChI is InChI=1S/C19H27N2O2Si/c1-7-23-18-10-9-15(24(6)8-2)12-16(18)14-11-17(20(3)4)19(22)21(5)13-14/h9-13H,7-8H2,1-6H3. The molecule has 2 aromatic rings. The van der Waals surface area contributed by atoms with Crippen LogP contribution in [0.15, 0.2) is 35.3 Å². The zero-order chi connectivity index (χ0) is 17.9. The smallest absolute Gasteiger partial charge is 0.273 e. The fourth-order valence-corrected chi connectivity index (χ4v) is 3.84. The molecule has 24 heavy (non-hydrogen) atoms. The highest BCUT2D eigenvalue weighted by molar-refractivity contribution is 6.72. The van der Waals surface area contributed by atoms with Gasteiger partial charge in [-0.2, -0.15) is 0 Å². The molecule has 0 saturated carbocycles. The SMILES string of the molecule is CCOc1ccc([Si](C)CC)cc1-c1cc(N(C)C)c(=O)n(C)c1. The van der Waals surface area contributed by atoms with Crippen LogP contribution in [-0.2, 0) is 7.05 Å². The van der Waals surface area contributed by atoms with E-state index in [9.17, 15) is 4.79 Å². The average molecular weight is 344 g/mol. The van der Waals surface area contributed by atoms with E-state index in [0.29, 0.717) is 12.3 Å². The zero-order valence-electron chi connectivity index (χ0n) is 15.5. The third-order valence-corrected chi connectivity index (χ3v) is 6.62. The second-order valence-corrected chi connectivity index (χ2v) is 9.05. The fourth-order valence-electron chi connectivity index (χ4n) is 2.67. The normalized spacial score (nSPS) is 11.0. The minimum atomic E-state index is -0.545. The second kappa shape index (κ2) is 7.70. The monoisotopic (exact) mass is 343 g/mol. The van der Waals surface area contributed by atoms with Crippen LogP contribution >= 0.6 is 0 Å². The molecule has 0 N–H and O–H groups in total. The van der Waals surface area contributed by atoms with Crippen LogP contribution in [0.4, 0.5) is 5.69 Å². The lowest BCUT2D eigenvalue weighted by Crippen LogP contribution is -2.26. The summed E-state index contributed by atoms with van der Waals surface area (Å²) in [5.41, 5.74) is 2.76. The predicted molar refractivity (Wildman–Crippen MR) is 104 cm³/mol. The lowest BCUT2D eigenvalue weighted by atomic mass is 10.1. The van der Waals surface area contributed by atoms with Gasteiger partial charge >= 0.3 is 0 Å². The Morgan fingerprint density at radius 1 is 1.21 bits per heavy atom. The van der Waals surface area contributed by atoms with E-state index in [-0.39, 0.29) is 5.56 Å². The van der Waals surface area contributed by atoms with Gasteiger partial charge in [0.15, 0.2) is 0 Å². The van der Waals surface area contributed by atoms with Gasteiger partial charge in [-0.1, -0.05) is 36.8 Å². The van der Waals surface area contributed by atoms with Gasteiger partial charge in [-0.3, -0.25) is 4.79 Å². The largest absolute Gasteiger partial charge is 0.493 e. The van der Waals surface area contributed by atoms with Crippen LogP contribution in [0.2, 0.25) is 12.6 Å². The first-order valence-electron chi connectivity index (χ1n) is 8.37. The topological polar surface area (TPSA) is 34.5 Å². The molecular weight excluding hydrogens is 316 g/mol. The van der Waals surface area contributed by atoms with Crippen molar-refractivity contribution >= 4 is 19.7 Å². The number of rotatable bonds is 6. The van der Waals surface area contributed by atoms with Gasteiger partial charge in [0.2, 0.25) is 0 Å². The van der Waals surface area contributed by atoms with Gasteiger partial charge in [0, 0.05) is 38.5 Å². The quantitative estimate of drug-likeness (QED) is 0.757. The number of hydrogen-bond acceptors (Lipinski definition) is 3. The minimum Gasteiger partial charge on any atom is -0.493 e. The van der Waals surface area contributed by atoms with Crippen LogP contribution < -0.4 is 20.4 Å². The van der Waals surface area contributed by atoms with Crippen LogP contribution in [0.3, 0.4) is 0 Å². The molecular formula is C19H27N2O2Si. The molecule has 0 aliphatic heterocycles. The summed E-state index contributed by atoms with van der Waals surface area (Å²) >= 11 is 0. The first kappa shape index (κ1) is 18.3. The summed E-state index contributed by atoms with van der Waals surface area (Å²) in [4.78, 5) is 14.2. The molecule has 0 fully saturated rings. The van der Waals surface area contributed by atoms with E-state index in [4.69, 9.17) is 4.74 Å². The molecule has 0 aliphatic rings. The number of ether oxygens (including phenoxy) is 1. The molecule has 0 aliphatic carbocycles. The summed E-state index contributed by atoms with van der Waals surface area (Å²) in [6, 6.07) is 9.63. The van der Waals surface area contributed by atoms with Crippen molar-refractivity contribution in [3.63, 3.8) is 0 Å². The molecule has 4 nitrogen and oxygen atoms in total. The van der Waals surface area contributed by atoms with E-state index in [1.165, 1.54) is 11.2 Å². The number of anilines is 1. The molecule has 0 unspecified atom stereocenters. The summed E-state index contributed by atoms with van der Waals surface area (Å²) in [5, 5.41) is 1.39. The third-order valence-electron chi connectivity index (χ3n) is 4.26. The van der Waals surface area contributed by atoms with Gasteiger partial charge in [0.1, 0.15) is 11.4 Å². The van der Waals surface area contributed by atoms with Crippen LogP contribution in [-0.4, -0.2) is 34.1 Å². The van der Waals surface area contributed by atoms with E-state index in [0.717, 1.165) is 16.9 Å². The van der Waals surface area contributed by atoms with E-state index in [2.05, 4.69) is 31.7 Å². The van der Waals surface area contributed by atoms with Crippen molar-refractivity contribution in [1.82, 2.24) is 4.57 Å². The molecule has 129 valence electrons. The number of pyridine rings is 1. The number of benzene rings is 1. The van der Waals surface area contributed by atoms with Gasteiger partial charge in [0.25, 0.3) is 5.56 Å². The summed E-state index contributed by atoms with van der Waals surface area (Å²) in [5.74, 6) is 0.871. The maximum absolute atomic E-state index is 12.3. The highest BCUT2D eigenvalue weighted by Crippen LogP contribution is 2.30. The Kier molecular flexibility index (Phi) is 5.88. The van der Waals surface area contributed by atoms with Crippen molar-refractivity contribution in [3.05, 3.63) is 40.8 Å². The Morgan fingerprint density at radius 3 is 2.50 bits per heavy atom. The van der Waals surface area contributed by atoms with Crippen molar-refractivity contribution in [2.45, 2.75) is 26.4 Å². The van der Waals surface area contributed by atoms with Crippen LogP contribution in [0, 0.1) is 0 Å². The molecule has 2 rings (SSSR count). The molecule has 5 heteroatoms. The summed E-state index contributed by atoms with van der Waals surface area (Å²) in [7, 11) is 5.04. The first-order chi connectivity index (χ1) is 11.4. The third kappa shape index (κ3) is 3.72. The summed E-state index contributed by atoms with van der Waals surface area (Å²) in [6.07, 6.45) is 1.89. The Hall–Kier alpha value is -2.01. The number of aryl methyl sites for hydroxylation is 1. The van der Waals surface area contributed by atoms with Gasteiger partial charge in [-0.25, -0.2) is 0 Å². The van der Waals surface area contributed by atoms with Crippen molar-refractivity contribution in [3.8, 4) is 16.9 Å². The van der Waals surface area contributed by atoms with Crippen LogP contribution in [0.5, 0.6) is 5.75 Å². The number of hydrogen-bond donors (Lipinski definition) is 0. The molecule has 0 saturated heterocycles. The molecule has 1 radical (unpaired) electrons. The van der Waals surface area contributed by atoms with Crippen molar-refractivity contribution < 1.29 is 4.74 Å². The molecule has 1 aromatic carbocycles. The molecule has 0 atom stereocenters. The number of nitrogens with zero attached hydrogens (tertiary/aromatic N) is 2. The van der Waals surface area contributed by atoms with Crippen molar-refractivity contribution in [1.29, 1.82) is 0 Å². The highest BCUT2D eigenvalue weighted by atomic mass is 28.3. The zero-order valence-corrected chi connectivity index (χ0v) is 16.5. The molecule has 0 amide bonds. The lowest BCUT2D eigenvalue weighted by Gasteiger charge is -2.18. The first-order valence-corrected chi connectivity index (χ1v) is 10.6. The Bertz CT molecular complexity index is 768. The summed E-state index contributed by atoms with van der Waals surface area (Å²) < 4.78 is 7.48. The van der Waals surface area contributed by atoms with Gasteiger partial charge in [-0.15, -0.1) is 0 Å².